The molecule has 122 valence electrons. The molecule has 0 N–H and O–H groups in total. The fourth-order valence-corrected chi connectivity index (χ4v) is 3.82. The van der Waals surface area contributed by atoms with Crippen molar-refractivity contribution in [2.45, 2.75) is 56.5 Å². The predicted octanol–water partition coefficient (Wildman–Crippen LogP) is 5.08. The molecule has 0 heterocycles. The quantitative estimate of drug-likeness (QED) is 0.558. The molecule has 22 heavy (non-hydrogen) atoms. The number of ether oxygens (including phenoxy) is 1. The number of halogens is 1. The maximum Gasteiger partial charge on any atom is 0.352 e. The normalized spacial score (nSPS) is 26.7. The van der Waals surface area contributed by atoms with Crippen molar-refractivity contribution < 1.29 is 13.9 Å². The van der Waals surface area contributed by atoms with Crippen molar-refractivity contribution >= 4 is 17.7 Å². The summed E-state index contributed by atoms with van der Waals surface area (Å²) in [5.74, 6) is 0.588. The minimum atomic E-state index is -1.66. The Balaban J connectivity index is 1.94. The van der Waals surface area contributed by atoms with E-state index >= 15 is 0 Å². The smallest absolute Gasteiger partial charge is 0.352 e. The summed E-state index contributed by atoms with van der Waals surface area (Å²) in [5, 5.41) is 0. The first kappa shape index (κ1) is 17.3. The van der Waals surface area contributed by atoms with Crippen LogP contribution >= 0.6 is 11.8 Å². The fraction of sp³-hybridized carbons (Fsp3) is 0.611. The van der Waals surface area contributed by atoms with Crippen molar-refractivity contribution in [3.63, 3.8) is 0 Å². The van der Waals surface area contributed by atoms with Crippen molar-refractivity contribution in [1.82, 2.24) is 0 Å². The van der Waals surface area contributed by atoms with Gasteiger partial charge in [-0.05, 0) is 42.7 Å². The summed E-state index contributed by atoms with van der Waals surface area (Å²) in [4.78, 5) is 12.8. The third-order valence-electron chi connectivity index (χ3n) is 4.40. The lowest BCUT2D eigenvalue weighted by atomic mass is 9.75. The van der Waals surface area contributed by atoms with Crippen molar-refractivity contribution in [3.05, 3.63) is 30.3 Å². The van der Waals surface area contributed by atoms with Gasteiger partial charge in [0.1, 0.15) is 6.10 Å². The maximum absolute atomic E-state index is 14.2. The van der Waals surface area contributed by atoms with E-state index < -0.39 is 11.5 Å². The van der Waals surface area contributed by atoms with E-state index in [2.05, 4.69) is 20.8 Å². The Bertz CT molecular complexity index is 477. The minimum Gasteiger partial charge on any atom is -0.459 e. The zero-order valence-electron chi connectivity index (χ0n) is 13.5. The Morgan fingerprint density at radius 1 is 1.27 bits per heavy atom. The van der Waals surface area contributed by atoms with Crippen molar-refractivity contribution in [2.75, 3.05) is 0 Å². The van der Waals surface area contributed by atoms with Gasteiger partial charge in [0.2, 0.25) is 5.50 Å². The van der Waals surface area contributed by atoms with Crippen LogP contribution in [0, 0.1) is 17.8 Å². The molecule has 1 aliphatic rings. The van der Waals surface area contributed by atoms with E-state index in [0.29, 0.717) is 17.8 Å². The number of carbonyl (C=O) groups is 1. The average Bonchev–Trinajstić information content (AvgIpc) is 2.48. The molecule has 0 radical (unpaired) electrons. The van der Waals surface area contributed by atoms with Crippen LogP contribution in [0.3, 0.4) is 0 Å². The van der Waals surface area contributed by atoms with Gasteiger partial charge in [-0.25, -0.2) is 9.18 Å². The van der Waals surface area contributed by atoms with Crippen LogP contribution in [0.1, 0.15) is 40.0 Å². The Labute approximate surface area is 136 Å². The Morgan fingerprint density at radius 2 is 1.95 bits per heavy atom. The highest BCUT2D eigenvalue weighted by Crippen LogP contribution is 2.36. The third-order valence-corrected chi connectivity index (χ3v) is 5.34. The van der Waals surface area contributed by atoms with Gasteiger partial charge in [-0.1, -0.05) is 57.2 Å². The molecule has 0 spiro atoms. The Hall–Kier alpha value is -1.03. The maximum atomic E-state index is 14.2. The molecule has 1 aromatic carbocycles. The molecule has 4 heteroatoms. The highest BCUT2D eigenvalue weighted by atomic mass is 32.2. The molecule has 1 aliphatic carbocycles. The van der Waals surface area contributed by atoms with E-state index in [9.17, 15) is 9.18 Å². The zero-order valence-corrected chi connectivity index (χ0v) is 14.3. The number of alkyl halides is 1. The monoisotopic (exact) mass is 324 g/mol. The zero-order chi connectivity index (χ0) is 16.1. The molecule has 0 aliphatic heterocycles. The second-order valence-electron chi connectivity index (χ2n) is 6.55. The first-order valence-electron chi connectivity index (χ1n) is 8.03. The van der Waals surface area contributed by atoms with Gasteiger partial charge >= 0.3 is 5.97 Å². The molecular formula is C18H25FO2S. The van der Waals surface area contributed by atoms with E-state index in [0.717, 1.165) is 35.9 Å². The van der Waals surface area contributed by atoms with Gasteiger partial charge in [0.25, 0.3) is 0 Å². The highest BCUT2D eigenvalue weighted by Gasteiger charge is 2.35. The molecule has 1 aromatic rings. The summed E-state index contributed by atoms with van der Waals surface area (Å²) in [6, 6.07) is 9.12. The second kappa shape index (κ2) is 8.00. The van der Waals surface area contributed by atoms with Crippen LogP contribution in [0.4, 0.5) is 4.39 Å². The van der Waals surface area contributed by atoms with E-state index in [1.165, 1.54) is 0 Å². The van der Waals surface area contributed by atoms with E-state index in [1.54, 1.807) is 12.1 Å². The molecule has 4 atom stereocenters. The first-order chi connectivity index (χ1) is 10.5. The molecule has 2 rings (SSSR count). The molecular weight excluding hydrogens is 299 g/mol. The molecule has 2 nitrogen and oxygen atoms in total. The van der Waals surface area contributed by atoms with Gasteiger partial charge < -0.3 is 4.74 Å². The summed E-state index contributed by atoms with van der Waals surface area (Å²) in [6.07, 6.45) is 2.91. The van der Waals surface area contributed by atoms with Crippen molar-refractivity contribution in [2.24, 2.45) is 17.8 Å². The van der Waals surface area contributed by atoms with Crippen LogP contribution in [-0.4, -0.2) is 17.6 Å². The standard InChI is InChI=1S/C18H25FO2S/c1-12(2)15-10-9-13(3)11-16(15)21-18(20)17(19)22-14-7-5-4-6-8-14/h4-8,12-13,15-17H,9-11H2,1-3H3/t13-,15+,16-,17?/m1/s1. The number of thioether (sulfide) groups is 1. The molecule has 1 fully saturated rings. The molecule has 0 aromatic heterocycles. The SMILES string of the molecule is CC(C)[C@@H]1CC[C@@H](C)C[C@H]1OC(=O)C(F)Sc1ccccc1. The lowest BCUT2D eigenvalue weighted by Crippen LogP contribution is -2.37. The Kier molecular flexibility index (Phi) is 6.30. The molecule has 0 bridgehead atoms. The molecule has 1 unspecified atom stereocenters. The topological polar surface area (TPSA) is 26.3 Å². The van der Waals surface area contributed by atoms with Gasteiger partial charge in [-0.2, -0.15) is 0 Å². The van der Waals surface area contributed by atoms with Crippen LogP contribution in [-0.2, 0) is 9.53 Å². The lowest BCUT2D eigenvalue weighted by Gasteiger charge is -2.36. The van der Waals surface area contributed by atoms with Gasteiger partial charge in [0.15, 0.2) is 0 Å². The summed E-state index contributed by atoms with van der Waals surface area (Å²) in [6.45, 7) is 6.46. The molecule has 0 amide bonds. The van der Waals surface area contributed by atoms with E-state index in [4.69, 9.17) is 4.74 Å². The summed E-state index contributed by atoms with van der Waals surface area (Å²) >= 11 is 0.909. The largest absolute Gasteiger partial charge is 0.459 e. The van der Waals surface area contributed by atoms with Crippen LogP contribution in [0.25, 0.3) is 0 Å². The van der Waals surface area contributed by atoms with E-state index in [1.807, 2.05) is 18.2 Å². The number of rotatable bonds is 5. The number of hydrogen-bond acceptors (Lipinski definition) is 3. The van der Waals surface area contributed by atoms with Gasteiger partial charge in [0, 0.05) is 4.90 Å². The number of esters is 1. The first-order valence-corrected chi connectivity index (χ1v) is 8.91. The minimum absolute atomic E-state index is 0.147. The van der Waals surface area contributed by atoms with E-state index in [-0.39, 0.29) is 6.10 Å². The fourth-order valence-electron chi connectivity index (χ4n) is 3.12. The summed E-state index contributed by atoms with van der Waals surface area (Å²) < 4.78 is 19.7. The van der Waals surface area contributed by atoms with Crippen molar-refractivity contribution in [1.29, 1.82) is 0 Å². The summed E-state index contributed by atoms with van der Waals surface area (Å²) in [7, 11) is 0. The average molecular weight is 324 g/mol. The predicted molar refractivity (Wildman–Crippen MR) is 88.4 cm³/mol. The van der Waals surface area contributed by atoms with Gasteiger partial charge in [0.05, 0.1) is 0 Å². The Morgan fingerprint density at radius 3 is 2.59 bits per heavy atom. The van der Waals surface area contributed by atoms with Crippen LogP contribution in [0.5, 0.6) is 0 Å². The number of benzene rings is 1. The van der Waals surface area contributed by atoms with Crippen LogP contribution in [0.15, 0.2) is 35.2 Å². The van der Waals surface area contributed by atoms with Gasteiger partial charge in [-0.15, -0.1) is 0 Å². The highest BCUT2D eigenvalue weighted by molar-refractivity contribution is 8.00. The third kappa shape index (κ3) is 4.73. The lowest BCUT2D eigenvalue weighted by molar-refractivity contribution is -0.158. The second-order valence-corrected chi connectivity index (χ2v) is 7.67. The van der Waals surface area contributed by atoms with Crippen LogP contribution in [0.2, 0.25) is 0 Å². The van der Waals surface area contributed by atoms with Gasteiger partial charge in [-0.3, -0.25) is 0 Å². The number of carbonyl (C=O) groups excluding carboxylic acids is 1. The summed E-state index contributed by atoms with van der Waals surface area (Å²) in [5.41, 5.74) is -1.66. The van der Waals surface area contributed by atoms with Crippen LogP contribution < -0.4 is 0 Å². The number of hydrogen-bond donors (Lipinski definition) is 0. The molecule has 1 saturated carbocycles. The van der Waals surface area contributed by atoms with Crippen molar-refractivity contribution in [3.8, 4) is 0 Å². The molecule has 0 saturated heterocycles.